The first kappa shape index (κ1) is 12.6. The van der Waals surface area contributed by atoms with Crippen LogP contribution in [0.15, 0.2) is 29.3 Å². The molecule has 1 aromatic heterocycles. The molecule has 20 heavy (non-hydrogen) atoms. The fourth-order valence-corrected chi connectivity index (χ4v) is 2.93. The minimum Gasteiger partial charge on any atom is -0.313 e. The Balaban J connectivity index is 2.26. The summed E-state index contributed by atoms with van der Waals surface area (Å²) in [6, 6.07) is 5.98. The molecule has 102 valence electrons. The van der Waals surface area contributed by atoms with E-state index in [9.17, 15) is 9.59 Å². The Bertz CT molecular complexity index is 729. The van der Waals surface area contributed by atoms with Crippen molar-refractivity contribution in [2.24, 2.45) is 0 Å². The van der Waals surface area contributed by atoms with E-state index in [0.717, 1.165) is 16.7 Å². The van der Waals surface area contributed by atoms with Gasteiger partial charge in [0, 0.05) is 12.3 Å². The molecule has 0 fully saturated rings. The van der Waals surface area contributed by atoms with Gasteiger partial charge >= 0.3 is 0 Å². The summed E-state index contributed by atoms with van der Waals surface area (Å²) >= 11 is 0. The number of hydrogen-bond donors (Lipinski definition) is 2. The molecule has 0 spiro atoms. The molecule has 0 aliphatic carbocycles. The van der Waals surface area contributed by atoms with Crippen molar-refractivity contribution in [2.45, 2.75) is 26.2 Å². The van der Waals surface area contributed by atoms with E-state index in [1.54, 1.807) is 0 Å². The average Bonchev–Trinajstić information content (AvgIpc) is 2.38. The van der Waals surface area contributed by atoms with Gasteiger partial charge in [-0.1, -0.05) is 18.2 Å². The minimum atomic E-state index is -0.239. The first-order chi connectivity index (χ1) is 9.58. The number of H-pyrrole nitrogens is 1. The number of carbonyl (C=O) groups excluding carboxylic acids is 1. The summed E-state index contributed by atoms with van der Waals surface area (Å²) in [4.78, 5) is 30.7. The van der Waals surface area contributed by atoms with Gasteiger partial charge in [-0.05, 0) is 30.5 Å². The number of carbonyl (C=O) groups is 1. The summed E-state index contributed by atoms with van der Waals surface area (Å²) in [5.41, 5.74) is 3.56. The molecule has 0 saturated carbocycles. The summed E-state index contributed by atoms with van der Waals surface area (Å²) in [5, 5.41) is 2.67. The molecule has 1 aliphatic rings. The van der Waals surface area contributed by atoms with Gasteiger partial charge in [0.25, 0.3) is 5.56 Å². The lowest BCUT2D eigenvalue weighted by molar-refractivity contribution is -0.116. The third kappa shape index (κ3) is 1.91. The van der Waals surface area contributed by atoms with Crippen molar-refractivity contribution in [1.82, 2.24) is 9.97 Å². The van der Waals surface area contributed by atoms with E-state index >= 15 is 0 Å². The van der Waals surface area contributed by atoms with Crippen molar-refractivity contribution < 1.29 is 4.79 Å². The molecule has 3 rings (SSSR count). The molecule has 0 radical (unpaired) electrons. The first-order valence-corrected chi connectivity index (χ1v) is 6.51. The summed E-state index contributed by atoms with van der Waals surface area (Å²) in [7, 11) is 0. The van der Waals surface area contributed by atoms with Crippen molar-refractivity contribution >= 4 is 11.7 Å². The van der Waals surface area contributed by atoms with Crippen LogP contribution in [0.4, 0.5) is 5.82 Å². The Morgan fingerprint density at radius 3 is 2.55 bits per heavy atom. The first-order valence-electron chi connectivity index (χ1n) is 6.51. The highest BCUT2D eigenvalue weighted by atomic mass is 16.2. The second-order valence-corrected chi connectivity index (χ2v) is 5.10. The van der Waals surface area contributed by atoms with Gasteiger partial charge in [-0.2, -0.15) is 0 Å². The van der Waals surface area contributed by atoms with Crippen LogP contribution in [0.25, 0.3) is 0 Å². The van der Waals surface area contributed by atoms with E-state index in [-0.39, 0.29) is 23.8 Å². The molecule has 1 unspecified atom stereocenters. The molecule has 0 saturated heterocycles. The van der Waals surface area contributed by atoms with E-state index in [4.69, 9.17) is 0 Å². The highest BCUT2D eigenvalue weighted by Crippen LogP contribution is 2.36. The zero-order valence-electron chi connectivity index (χ0n) is 11.4. The number of aromatic amines is 1. The maximum atomic E-state index is 12.1. The molecular weight excluding hydrogens is 254 g/mol. The molecule has 2 heterocycles. The zero-order chi connectivity index (χ0) is 14.3. The monoisotopic (exact) mass is 269 g/mol. The van der Waals surface area contributed by atoms with E-state index < -0.39 is 0 Å². The number of rotatable bonds is 1. The fraction of sp³-hybridized carbons (Fsp3) is 0.267. The highest BCUT2D eigenvalue weighted by Gasteiger charge is 2.31. The van der Waals surface area contributed by atoms with Crippen molar-refractivity contribution in [3.05, 3.63) is 57.1 Å². The van der Waals surface area contributed by atoms with Crippen LogP contribution >= 0.6 is 0 Å². The number of benzene rings is 1. The van der Waals surface area contributed by atoms with E-state index in [1.165, 1.54) is 6.33 Å². The number of aromatic nitrogens is 2. The maximum Gasteiger partial charge on any atom is 0.256 e. The van der Waals surface area contributed by atoms with Crippen LogP contribution < -0.4 is 10.9 Å². The number of anilines is 1. The SMILES string of the molecule is Cc1cccc(C)c1C1CC(=O)Nc2nc[nH]c(=O)c21. The van der Waals surface area contributed by atoms with Crippen molar-refractivity contribution in [3.8, 4) is 0 Å². The molecule has 1 aliphatic heterocycles. The van der Waals surface area contributed by atoms with Gasteiger partial charge in [0.05, 0.1) is 11.9 Å². The molecule has 1 amide bonds. The molecule has 0 bridgehead atoms. The van der Waals surface area contributed by atoms with Crippen LogP contribution in [0.3, 0.4) is 0 Å². The van der Waals surface area contributed by atoms with Gasteiger partial charge < -0.3 is 10.3 Å². The Labute approximate surface area is 116 Å². The molecule has 1 atom stereocenters. The van der Waals surface area contributed by atoms with Gasteiger partial charge in [-0.25, -0.2) is 4.98 Å². The molecule has 2 N–H and O–H groups in total. The van der Waals surface area contributed by atoms with Crippen LogP contribution in [0, 0.1) is 13.8 Å². The van der Waals surface area contributed by atoms with Crippen molar-refractivity contribution in [3.63, 3.8) is 0 Å². The quantitative estimate of drug-likeness (QED) is 0.829. The van der Waals surface area contributed by atoms with E-state index in [2.05, 4.69) is 15.3 Å². The summed E-state index contributed by atoms with van der Waals surface area (Å²) in [5.74, 6) is 0.0262. The lowest BCUT2D eigenvalue weighted by Gasteiger charge is -2.26. The normalized spacial score (nSPS) is 17.5. The Kier molecular flexibility index (Phi) is 2.89. The summed E-state index contributed by atoms with van der Waals surface area (Å²) < 4.78 is 0. The number of hydrogen-bond acceptors (Lipinski definition) is 3. The summed E-state index contributed by atoms with van der Waals surface area (Å²) in [6.45, 7) is 4.00. The predicted molar refractivity (Wildman–Crippen MR) is 75.9 cm³/mol. The standard InChI is InChI=1S/C15H15N3O2/c1-8-4-3-5-9(2)12(8)10-6-11(19)18-14-13(10)15(20)17-7-16-14/h3-5,7,10H,6H2,1-2H3,(H2,16,17,18,19,20). The number of amides is 1. The van der Waals surface area contributed by atoms with Crippen molar-refractivity contribution in [1.29, 1.82) is 0 Å². The van der Waals surface area contributed by atoms with Gasteiger partial charge in [-0.3, -0.25) is 9.59 Å². The largest absolute Gasteiger partial charge is 0.313 e. The van der Waals surface area contributed by atoms with E-state index in [0.29, 0.717) is 11.4 Å². The van der Waals surface area contributed by atoms with Crippen LogP contribution in [0.1, 0.15) is 34.6 Å². The zero-order valence-corrected chi connectivity index (χ0v) is 11.4. The molecular formula is C15H15N3O2. The predicted octanol–water partition coefficient (Wildman–Crippen LogP) is 1.86. The van der Waals surface area contributed by atoms with Crippen LogP contribution in [-0.2, 0) is 4.79 Å². The molecule has 5 nitrogen and oxygen atoms in total. The number of nitrogens with zero attached hydrogens (tertiary/aromatic N) is 1. The lowest BCUT2D eigenvalue weighted by atomic mass is 9.82. The Morgan fingerprint density at radius 1 is 1.15 bits per heavy atom. The highest BCUT2D eigenvalue weighted by molar-refractivity contribution is 5.94. The third-order valence-electron chi connectivity index (χ3n) is 3.78. The van der Waals surface area contributed by atoms with Gasteiger partial charge in [0.2, 0.25) is 5.91 Å². The lowest BCUT2D eigenvalue weighted by Crippen LogP contribution is -2.31. The van der Waals surface area contributed by atoms with Crippen LogP contribution in [-0.4, -0.2) is 15.9 Å². The van der Waals surface area contributed by atoms with Gasteiger partial charge in [0.15, 0.2) is 0 Å². The van der Waals surface area contributed by atoms with Crippen molar-refractivity contribution in [2.75, 3.05) is 5.32 Å². The van der Waals surface area contributed by atoms with Gasteiger partial charge in [0.1, 0.15) is 5.82 Å². The smallest absolute Gasteiger partial charge is 0.256 e. The minimum absolute atomic E-state index is 0.108. The number of aryl methyl sites for hydroxylation is 2. The fourth-order valence-electron chi connectivity index (χ4n) is 2.93. The molecule has 2 aromatic rings. The van der Waals surface area contributed by atoms with Crippen LogP contribution in [0.5, 0.6) is 0 Å². The summed E-state index contributed by atoms with van der Waals surface area (Å²) in [6.07, 6.45) is 1.59. The van der Waals surface area contributed by atoms with E-state index in [1.807, 2.05) is 32.0 Å². The maximum absolute atomic E-state index is 12.1. The Morgan fingerprint density at radius 2 is 1.85 bits per heavy atom. The second-order valence-electron chi connectivity index (χ2n) is 5.10. The Hall–Kier alpha value is -2.43. The number of fused-ring (bicyclic) bond motifs is 1. The molecule has 1 aromatic carbocycles. The number of nitrogens with one attached hydrogen (secondary N) is 2. The average molecular weight is 269 g/mol. The molecule has 5 heteroatoms. The second kappa shape index (κ2) is 4.59. The topological polar surface area (TPSA) is 74.8 Å². The third-order valence-corrected chi connectivity index (χ3v) is 3.78. The van der Waals surface area contributed by atoms with Gasteiger partial charge in [-0.15, -0.1) is 0 Å². The van der Waals surface area contributed by atoms with Crippen LogP contribution in [0.2, 0.25) is 0 Å².